The second kappa shape index (κ2) is 4.99. The standard InChI is InChI=1S/C14H19N5O2S/c1-22(20,21)18-8-6-11(7-9-18)14-16-15-13-5-4-12(10-2-3-10)17-19(13)14/h4-5,10-11H,2-3,6-9H2,1H3. The zero-order chi connectivity index (χ0) is 15.3. The van der Waals surface area contributed by atoms with Gasteiger partial charge in [0.2, 0.25) is 10.0 Å². The molecule has 1 saturated heterocycles. The Morgan fingerprint density at radius 3 is 2.41 bits per heavy atom. The summed E-state index contributed by atoms with van der Waals surface area (Å²) in [5, 5.41) is 13.2. The lowest BCUT2D eigenvalue weighted by atomic mass is 9.97. The molecule has 0 amide bonds. The first kappa shape index (κ1) is 14.1. The van der Waals surface area contributed by atoms with E-state index in [0.29, 0.717) is 19.0 Å². The van der Waals surface area contributed by atoms with E-state index in [4.69, 9.17) is 5.10 Å². The lowest BCUT2D eigenvalue weighted by Crippen LogP contribution is -2.37. The molecule has 0 aromatic carbocycles. The zero-order valence-corrected chi connectivity index (χ0v) is 13.3. The highest BCUT2D eigenvalue weighted by molar-refractivity contribution is 7.88. The number of hydrogen-bond donors (Lipinski definition) is 0. The summed E-state index contributed by atoms with van der Waals surface area (Å²) in [6.45, 7) is 1.08. The molecule has 0 unspecified atom stereocenters. The Hall–Kier alpha value is -1.54. The predicted octanol–water partition coefficient (Wildman–Crippen LogP) is 1.14. The van der Waals surface area contributed by atoms with Gasteiger partial charge in [-0.2, -0.15) is 9.61 Å². The molecular weight excluding hydrogens is 302 g/mol. The number of piperidine rings is 1. The summed E-state index contributed by atoms with van der Waals surface area (Å²) >= 11 is 0. The summed E-state index contributed by atoms with van der Waals surface area (Å²) in [5.41, 5.74) is 1.88. The van der Waals surface area contributed by atoms with Gasteiger partial charge in [-0.1, -0.05) is 0 Å². The van der Waals surface area contributed by atoms with Crippen LogP contribution in [0.4, 0.5) is 0 Å². The Balaban J connectivity index is 1.60. The maximum Gasteiger partial charge on any atom is 0.211 e. The van der Waals surface area contributed by atoms with E-state index < -0.39 is 10.0 Å². The first-order valence-electron chi connectivity index (χ1n) is 7.70. The van der Waals surface area contributed by atoms with Gasteiger partial charge < -0.3 is 0 Å². The molecule has 0 bridgehead atoms. The molecule has 1 saturated carbocycles. The normalized spacial score (nSPS) is 21.5. The van der Waals surface area contributed by atoms with Crippen LogP contribution in [0.1, 0.15) is 49.0 Å². The van der Waals surface area contributed by atoms with Gasteiger partial charge in [0.1, 0.15) is 0 Å². The minimum Gasteiger partial charge on any atom is -0.213 e. The van der Waals surface area contributed by atoms with Crippen molar-refractivity contribution >= 4 is 15.7 Å². The lowest BCUT2D eigenvalue weighted by molar-refractivity contribution is 0.313. The van der Waals surface area contributed by atoms with Gasteiger partial charge in [0, 0.05) is 24.9 Å². The molecule has 3 heterocycles. The highest BCUT2D eigenvalue weighted by atomic mass is 32.2. The van der Waals surface area contributed by atoms with Crippen molar-refractivity contribution in [1.29, 1.82) is 0 Å². The summed E-state index contributed by atoms with van der Waals surface area (Å²) in [5.74, 6) is 1.67. The van der Waals surface area contributed by atoms with Crippen molar-refractivity contribution in [1.82, 2.24) is 24.1 Å². The van der Waals surface area contributed by atoms with Crippen LogP contribution in [-0.2, 0) is 10.0 Å². The molecule has 22 heavy (non-hydrogen) atoms. The fraction of sp³-hybridized carbons (Fsp3) is 0.643. The molecule has 2 aromatic rings. The minimum absolute atomic E-state index is 0.218. The number of hydrogen-bond acceptors (Lipinski definition) is 5. The summed E-state index contributed by atoms with van der Waals surface area (Å²) in [6.07, 6.45) is 5.22. The van der Waals surface area contributed by atoms with E-state index in [1.165, 1.54) is 23.4 Å². The van der Waals surface area contributed by atoms with Crippen LogP contribution in [-0.4, -0.2) is 51.9 Å². The molecule has 0 atom stereocenters. The molecule has 2 aliphatic rings. The van der Waals surface area contributed by atoms with Gasteiger partial charge in [-0.15, -0.1) is 10.2 Å². The molecule has 1 aliphatic heterocycles. The van der Waals surface area contributed by atoms with Crippen molar-refractivity contribution in [3.8, 4) is 0 Å². The Morgan fingerprint density at radius 1 is 1.05 bits per heavy atom. The van der Waals surface area contributed by atoms with Gasteiger partial charge in [0.25, 0.3) is 0 Å². The SMILES string of the molecule is CS(=O)(=O)N1CCC(c2nnc3ccc(C4CC4)nn23)CC1. The first-order chi connectivity index (χ1) is 10.5. The van der Waals surface area contributed by atoms with Gasteiger partial charge in [-0.25, -0.2) is 12.7 Å². The molecule has 1 aliphatic carbocycles. The van der Waals surface area contributed by atoms with Crippen LogP contribution < -0.4 is 0 Å². The quantitative estimate of drug-likeness (QED) is 0.847. The Labute approximate surface area is 129 Å². The third-order valence-corrected chi connectivity index (χ3v) is 5.89. The average Bonchev–Trinajstić information content (AvgIpc) is 3.26. The van der Waals surface area contributed by atoms with Crippen LogP contribution in [0.3, 0.4) is 0 Å². The maximum absolute atomic E-state index is 11.6. The molecule has 0 N–H and O–H groups in total. The lowest BCUT2D eigenvalue weighted by Gasteiger charge is -2.29. The second-order valence-corrected chi connectivity index (χ2v) is 8.28. The third kappa shape index (κ3) is 2.50. The first-order valence-corrected chi connectivity index (χ1v) is 9.54. The van der Waals surface area contributed by atoms with Crippen LogP contribution in [0.25, 0.3) is 5.65 Å². The highest BCUT2D eigenvalue weighted by Crippen LogP contribution is 2.39. The van der Waals surface area contributed by atoms with E-state index in [2.05, 4.69) is 10.2 Å². The Kier molecular flexibility index (Phi) is 3.19. The molecule has 4 rings (SSSR count). The molecule has 7 nitrogen and oxygen atoms in total. The predicted molar refractivity (Wildman–Crippen MR) is 81.1 cm³/mol. The van der Waals surface area contributed by atoms with E-state index in [-0.39, 0.29) is 5.92 Å². The van der Waals surface area contributed by atoms with Gasteiger partial charge in [-0.05, 0) is 37.8 Å². The van der Waals surface area contributed by atoms with Crippen LogP contribution >= 0.6 is 0 Å². The monoisotopic (exact) mass is 321 g/mol. The van der Waals surface area contributed by atoms with Crippen molar-refractivity contribution in [3.63, 3.8) is 0 Å². The van der Waals surface area contributed by atoms with Crippen molar-refractivity contribution in [3.05, 3.63) is 23.7 Å². The molecule has 8 heteroatoms. The summed E-state index contributed by atoms with van der Waals surface area (Å²) in [6, 6.07) is 4.01. The van der Waals surface area contributed by atoms with Crippen LogP contribution in [0, 0.1) is 0 Å². The average molecular weight is 321 g/mol. The van der Waals surface area contributed by atoms with Crippen LogP contribution in [0.5, 0.6) is 0 Å². The van der Waals surface area contributed by atoms with Crippen molar-refractivity contribution in [2.24, 2.45) is 0 Å². The highest BCUT2D eigenvalue weighted by Gasteiger charge is 2.30. The molecule has 0 spiro atoms. The summed E-state index contributed by atoms with van der Waals surface area (Å²) in [7, 11) is -3.10. The fourth-order valence-corrected chi connectivity index (χ4v) is 3.99. The summed E-state index contributed by atoms with van der Waals surface area (Å²) < 4.78 is 26.6. The molecule has 0 radical (unpaired) electrons. The van der Waals surface area contributed by atoms with Gasteiger partial charge in [-0.3, -0.25) is 0 Å². The van der Waals surface area contributed by atoms with Crippen LogP contribution in [0.15, 0.2) is 12.1 Å². The number of nitrogens with zero attached hydrogens (tertiary/aromatic N) is 5. The van der Waals surface area contributed by atoms with E-state index in [1.807, 2.05) is 16.6 Å². The minimum atomic E-state index is -3.10. The van der Waals surface area contributed by atoms with Gasteiger partial charge in [0.05, 0.1) is 11.9 Å². The zero-order valence-electron chi connectivity index (χ0n) is 12.5. The molecule has 2 aromatic heterocycles. The molecule has 2 fully saturated rings. The van der Waals surface area contributed by atoms with Gasteiger partial charge >= 0.3 is 0 Å². The maximum atomic E-state index is 11.6. The summed E-state index contributed by atoms with van der Waals surface area (Å²) in [4.78, 5) is 0. The van der Waals surface area contributed by atoms with Crippen LogP contribution in [0.2, 0.25) is 0 Å². The van der Waals surface area contributed by atoms with Crippen molar-refractivity contribution < 1.29 is 8.42 Å². The molecular formula is C14H19N5O2S. The van der Waals surface area contributed by atoms with E-state index in [9.17, 15) is 8.42 Å². The topological polar surface area (TPSA) is 80.5 Å². The number of sulfonamides is 1. The Bertz CT molecular complexity index is 804. The molecule has 118 valence electrons. The largest absolute Gasteiger partial charge is 0.213 e. The van der Waals surface area contributed by atoms with Crippen molar-refractivity contribution in [2.75, 3.05) is 19.3 Å². The third-order valence-electron chi connectivity index (χ3n) is 4.59. The van der Waals surface area contributed by atoms with Crippen molar-refractivity contribution in [2.45, 2.75) is 37.5 Å². The van der Waals surface area contributed by atoms with E-state index in [1.54, 1.807) is 0 Å². The fourth-order valence-electron chi connectivity index (χ4n) is 3.12. The smallest absolute Gasteiger partial charge is 0.211 e. The number of aromatic nitrogens is 4. The second-order valence-electron chi connectivity index (χ2n) is 6.30. The van der Waals surface area contributed by atoms with E-state index in [0.717, 1.165) is 30.0 Å². The number of rotatable bonds is 3. The van der Waals surface area contributed by atoms with Gasteiger partial charge in [0.15, 0.2) is 11.5 Å². The van der Waals surface area contributed by atoms with E-state index >= 15 is 0 Å². The Morgan fingerprint density at radius 2 is 1.77 bits per heavy atom. The number of fused-ring (bicyclic) bond motifs is 1.